The molecular weight excluding hydrogens is 315 g/mol. The first-order chi connectivity index (χ1) is 10.8. The minimum atomic E-state index is -4.68. The normalized spacial score (nSPS) is 11.8. The average Bonchev–Trinajstić information content (AvgIpc) is 3.14. The standard InChI is InChI=1S/C12H10F3N7O/c1-5-8(3-18-20-5)22-4-6(9(21-22)12(13,14)15)7-2-17-11(19-7)10(16)23/h2-4H,1H3,(H2,16,23)(H,17,19)(H,18,20). The Balaban J connectivity index is 2.16. The lowest BCUT2D eigenvalue weighted by atomic mass is 10.2. The summed E-state index contributed by atoms with van der Waals surface area (Å²) < 4.78 is 40.7. The second kappa shape index (κ2) is 4.97. The lowest BCUT2D eigenvalue weighted by molar-refractivity contribution is -0.140. The zero-order valence-electron chi connectivity index (χ0n) is 11.6. The Morgan fingerprint density at radius 1 is 1.35 bits per heavy atom. The number of halogens is 3. The minimum absolute atomic E-state index is 0.0153. The maximum Gasteiger partial charge on any atom is 0.435 e. The van der Waals surface area contributed by atoms with Gasteiger partial charge in [0.1, 0.15) is 5.69 Å². The van der Waals surface area contributed by atoms with Crippen molar-refractivity contribution in [3.8, 4) is 16.9 Å². The van der Waals surface area contributed by atoms with Crippen LogP contribution in [-0.2, 0) is 6.18 Å². The number of hydrogen-bond acceptors (Lipinski definition) is 4. The Morgan fingerprint density at radius 3 is 2.61 bits per heavy atom. The van der Waals surface area contributed by atoms with Crippen LogP contribution in [0.3, 0.4) is 0 Å². The van der Waals surface area contributed by atoms with Gasteiger partial charge in [0.25, 0.3) is 5.91 Å². The number of alkyl halides is 3. The van der Waals surface area contributed by atoms with Crippen LogP contribution in [0.5, 0.6) is 0 Å². The highest BCUT2D eigenvalue weighted by molar-refractivity contribution is 5.89. The lowest BCUT2D eigenvalue weighted by Crippen LogP contribution is -2.12. The first-order valence-electron chi connectivity index (χ1n) is 6.29. The summed E-state index contributed by atoms with van der Waals surface area (Å²) in [4.78, 5) is 17.1. The number of aryl methyl sites for hydroxylation is 1. The van der Waals surface area contributed by atoms with Crippen LogP contribution < -0.4 is 5.73 Å². The SMILES string of the molecule is Cc1[nH]ncc1-n1cc(-c2cnc(C(N)=O)[nH]2)c(C(F)(F)F)n1. The maximum atomic E-state index is 13.2. The predicted molar refractivity (Wildman–Crippen MR) is 71.5 cm³/mol. The van der Waals surface area contributed by atoms with Crippen molar-refractivity contribution in [1.82, 2.24) is 29.9 Å². The highest BCUT2D eigenvalue weighted by Gasteiger charge is 2.38. The average molecular weight is 325 g/mol. The summed E-state index contributed by atoms with van der Waals surface area (Å²) in [7, 11) is 0. The molecule has 0 atom stereocenters. The quantitative estimate of drug-likeness (QED) is 0.674. The topological polar surface area (TPSA) is 118 Å². The van der Waals surface area contributed by atoms with Gasteiger partial charge in [-0.05, 0) is 6.92 Å². The number of aromatic amines is 2. The summed E-state index contributed by atoms with van der Waals surface area (Å²) in [5.74, 6) is -1.11. The maximum absolute atomic E-state index is 13.2. The van der Waals surface area contributed by atoms with Crippen molar-refractivity contribution in [3.05, 3.63) is 35.8 Å². The van der Waals surface area contributed by atoms with E-state index in [1.807, 2.05) is 0 Å². The third-order valence-electron chi connectivity index (χ3n) is 3.13. The molecule has 0 saturated heterocycles. The molecule has 8 nitrogen and oxygen atoms in total. The van der Waals surface area contributed by atoms with Gasteiger partial charge in [-0.15, -0.1) is 0 Å². The van der Waals surface area contributed by atoms with Gasteiger partial charge in [0.05, 0.1) is 29.3 Å². The number of carbonyl (C=O) groups is 1. The monoisotopic (exact) mass is 325 g/mol. The van der Waals surface area contributed by atoms with Crippen LogP contribution in [0.2, 0.25) is 0 Å². The summed E-state index contributed by atoms with van der Waals surface area (Å²) in [6.07, 6.45) is -1.05. The minimum Gasteiger partial charge on any atom is -0.363 e. The number of aromatic nitrogens is 6. The van der Waals surface area contributed by atoms with Crippen molar-refractivity contribution >= 4 is 5.91 Å². The fourth-order valence-electron chi connectivity index (χ4n) is 2.06. The molecule has 3 aromatic rings. The van der Waals surface area contributed by atoms with E-state index in [2.05, 4.69) is 25.3 Å². The number of carbonyl (C=O) groups excluding carboxylic acids is 1. The molecule has 0 spiro atoms. The van der Waals surface area contributed by atoms with Gasteiger partial charge in [-0.2, -0.15) is 23.4 Å². The van der Waals surface area contributed by atoms with Crippen molar-refractivity contribution in [1.29, 1.82) is 0 Å². The molecule has 0 radical (unpaired) electrons. The number of hydrogen-bond donors (Lipinski definition) is 3. The molecule has 0 saturated carbocycles. The van der Waals surface area contributed by atoms with E-state index in [0.29, 0.717) is 11.4 Å². The number of H-pyrrole nitrogens is 2. The molecule has 3 rings (SSSR count). The molecular formula is C12H10F3N7O. The molecule has 0 fully saturated rings. The van der Waals surface area contributed by atoms with E-state index in [0.717, 1.165) is 10.9 Å². The molecule has 0 aliphatic heterocycles. The van der Waals surface area contributed by atoms with Crippen molar-refractivity contribution in [2.45, 2.75) is 13.1 Å². The second-order valence-electron chi connectivity index (χ2n) is 4.72. The van der Waals surface area contributed by atoms with Crippen molar-refractivity contribution in [3.63, 3.8) is 0 Å². The molecule has 4 N–H and O–H groups in total. The van der Waals surface area contributed by atoms with Gasteiger partial charge >= 0.3 is 6.18 Å². The van der Waals surface area contributed by atoms with Gasteiger partial charge in [-0.1, -0.05) is 0 Å². The highest BCUT2D eigenvalue weighted by Crippen LogP contribution is 2.36. The number of imidazole rings is 1. The zero-order chi connectivity index (χ0) is 16.8. The van der Waals surface area contributed by atoms with E-state index in [1.165, 1.54) is 12.4 Å². The van der Waals surface area contributed by atoms with Gasteiger partial charge < -0.3 is 10.7 Å². The van der Waals surface area contributed by atoms with Gasteiger partial charge in [-0.3, -0.25) is 9.89 Å². The molecule has 1 amide bonds. The van der Waals surface area contributed by atoms with E-state index in [-0.39, 0.29) is 17.1 Å². The van der Waals surface area contributed by atoms with E-state index >= 15 is 0 Å². The Bertz CT molecular complexity index is 873. The zero-order valence-corrected chi connectivity index (χ0v) is 11.6. The third kappa shape index (κ3) is 2.56. The Kier molecular flexibility index (Phi) is 3.20. The molecule has 0 aromatic carbocycles. The Hall–Kier alpha value is -3.11. The van der Waals surface area contributed by atoms with E-state index in [9.17, 15) is 18.0 Å². The first-order valence-corrected chi connectivity index (χ1v) is 6.29. The van der Waals surface area contributed by atoms with Gasteiger partial charge in [0.2, 0.25) is 0 Å². The molecule has 23 heavy (non-hydrogen) atoms. The van der Waals surface area contributed by atoms with E-state index < -0.39 is 17.8 Å². The second-order valence-corrected chi connectivity index (χ2v) is 4.72. The fourth-order valence-corrected chi connectivity index (χ4v) is 2.06. The molecule has 0 aliphatic carbocycles. The van der Waals surface area contributed by atoms with Crippen LogP contribution in [-0.4, -0.2) is 35.9 Å². The summed E-state index contributed by atoms with van der Waals surface area (Å²) in [6, 6.07) is 0. The van der Waals surface area contributed by atoms with Crippen LogP contribution in [0.15, 0.2) is 18.6 Å². The third-order valence-corrected chi connectivity index (χ3v) is 3.13. The number of nitrogens with zero attached hydrogens (tertiary/aromatic N) is 4. The Labute approximate surface area is 126 Å². The van der Waals surface area contributed by atoms with Gasteiger partial charge in [-0.25, -0.2) is 9.67 Å². The number of primary amides is 1. The van der Waals surface area contributed by atoms with Crippen LogP contribution in [0.1, 0.15) is 22.0 Å². The first kappa shape index (κ1) is 14.8. The van der Waals surface area contributed by atoms with Gasteiger partial charge in [0.15, 0.2) is 11.5 Å². The highest BCUT2D eigenvalue weighted by atomic mass is 19.4. The summed E-state index contributed by atoms with van der Waals surface area (Å²) in [5.41, 5.74) is 4.59. The molecule has 3 heterocycles. The predicted octanol–water partition coefficient (Wildman–Crippen LogP) is 1.41. The summed E-state index contributed by atoms with van der Waals surface area (Å²) in [5, 5.41) is 9.95. The van der Waals surface area contributed by atoms with Crippen molar-refractivity contribution in [2.75, 3.05) is 0 Å². The number of nitrogens with two attached hydrogens (primary N) is 1. The van der Waals surface area contributed by atoms with Crippen LogP contribution >= 0.6 is 0 Å². The lowest BCUT2D eigenvalue weighted by Gasteiger charge is -2.04. The molecule has 0 aliphatic rings. The number of amides is 1. The van der Waals surface area contributed by atoms with Crippen molar-refractivity contribution < 1.29 is 18.0 Å². The molecule has 120 valence electrons. The van der Waals surface area contributed by atoms with E-state index in [4.69, 9.17) is 5.73 Å². The fraction of sp³-hybridized carbons (Fsp3) is 0.167. The molecule has 3 aromatic heterocycles. The van der Waals surface area contributed by atoms with E-state index in [1.54, 1.807) is 6.92 Å². The van der Waals surface area contributed by atoms with Crippen LogP contribution in [0.25, 0.3) is 16.9 Å². The smallest absolute Gasteiger partial charge is 0.363 e. The van der Waals surface area contributed by atoms with Gasteiger partial charge in [0, 0.05) is 6.20 Å². The number of nitrogens with one attached hydrogen (secondary N) is 2. The summed E-state index contributed by atoms with van der Waals surface area (Å²) >= 11 is 0. The summed E-state index contributed by atoms with van der Waals surface area (Å²) in [6.45, 7) is 1.65. The van der Waals surface area contributed by atoms with Crippen LogP contribution in [0.4, 0.5) is 13.2 Å². The van der Waals surface area contributed by atoms with Crippen LogP contribution in [0, 0.1) is 6.92 Å². The largest absolute Gasteiger partial charge is 0.435 e. The van der Waals surface area contributed by atoms with Crippen molar-refractivity contribution in [2.24, 2.45) is 5.73 Å². The Morgan fingerprint density at radius 2 is 2.09 bits per heavy atom. The molecule has 0 unspecified atom stereocenters. The molecule has 0 bridgehead atoms. The molecule has 11 heteroatoms. The number of rotatable bonds is 3.